The summed E-state index contributed by atoms with van der Waals surface area (Å²) < 4.78 is 27.0. The van der Waals surface area contributed by atoms with E-state index in [1.165, 1.54) is 12.0 Å². The van der Waals surface area contributed by atoms with Crippen molar-refractivity contribution in [1.82, 2.24) is 0 Å². The zero-order valence-corrected chi connectivity index (χ0v) is 37.4. The molecule has 0 saturated carbocycles. The van der Waals surface area contributed by atoms with Crippen LogP contribution >= 0.6 is 0 Å². The summed E-state index contributed by atoms with van der Waals surface area (Å²) in [6, 6.07) is 6.83. The molecule has 0 aliphatic heterocycles. The van der Waals surface area contributed by atoms with Gasteiger partial charge in [0.2, 0.25) is 0 Å². The van der Waals surface area contributed by atoms with E-state index in [0.717, 1.165) is 76.8 Å². The van der Waals surface area contributed by atoms with E-state index in [2.05, 4.69) is 22.8 Å². The van der Waals surface area contributed by atoms with Crippen molar-refractivity contribution in [3.63, 3.8) is 0 Å². The van der Waals surface area contributed by atoms with E-state index in [1.54, 1.807) is 31.4 Å². The topological polar surface area (TPSA) is 163 Å². The fourth-order valence-electron chi connectivity index (χ4n) is 4.11. The Bertz CT molecular complexity index is 1070. The van der Waals surface area contributed by atoms with Gasteiger partial charge in [0.15, 0.2) is 0 Å². The Morgan fingerprint density at radius 1 is 0.737 bits per heavy atom. The lowest BCUT2D eigenvalue weighted by Crippen LogP contribution is -2.03. The fourth-order valence-corrected chi connectivity index (χ4v) is 4.11. The number of ether oxygens (including phenoxy) is 5. The highest BCUT2D eigenvalue weighted by atomic mass is 17.1. The lowest BCUT2D eigenvalue weighted by Gasteiger charge is -2.07. The predicted octanol–water partition coefficient (Wildman–Crippen LogP) is 12.8. The summed E-state index contributed by atoms with van der Waals surface area (Å²) in [5, 5.41) is 28.1. The van der Waals surface area contributed by atoms with E-state index in [-0.39, 0.29) is 0 Å². The molecule has 0 amide bonds. The molecule has 1 aromatic carbocycles. The molecule has 0 saturated heterocycles. The van der Waals surface area contributed by atoms with Crippen molar-refractivity contribution in [2.24, 2.45) is 0 Å². The molecule has 12 heteroatoms. The van der Waals surface area contributed by atoms with Crippen molar-refractivity contribution in [1.29, 1.82) is 0 Å². The number of unbranched alkanes of at least 4 members (excludes halogenated alkanes) is 5. The van der Waals surface area contributed by atoms with E-state index >= 15 is 0 Å². The number of carbonyl (C=O) groups excluding carboxylic acids is 1. The van der Waals surface area contributed by atoms with Crippen LogP contribution in [0.2, 0.25) is 0 Å². The van der Waals surface area contributed by atoms with Crippen molar-refractivity contribution in [2.75, 3.05) is 53.4 Å². The zero-order chi connectivity index (χ0) is 44.2. The molecule has 0 unspecified atom stereocenters. The molecule has 4 N–H and O–H groups in total. The Kier molecular flexibility index (Phi) is 62.9. The summed E-state index contributed by atoms with van der Waals surface area (Å²) >= 11 is 0. The van der Waals surface area contributed by atoms with Gasteiger partial charge in [-0.15, -0.1) is 0 Å². The molecule has 1 aromatic rings. The van der Waals surface area contributed by atoms with Gasteiger partial charge in [0, 0.05) is 13.2 Å². The third kappa shape index (κ3) is 45.2. The SMILES string of the molecule is C/C=C(\C=C/CCOCCC1=CC=C(OC(=O)c2ccc(OC)cc2)C=CC1)OCCCCCCOO.CC.CC.CC.CCCCCOO.CCOCC.OO. The average Bonchev–Trinajstić information content (AvgIpc) is 3.50. The van der Waals surface area contributed by atoms with Crippen molar-refractivity contribution in [3.05, 3.63) is 89.5 Å². The van der Waals surface area contributed by atoms with Crippen LogP contribution in [0.1, 0.15) is 144 Å². The Balaban J connectivity index is -0.000000376. The first kappa shape index (κ1) is 62.9. The molecule has 0 radical (unpaired) electrons. The number of hydrogen-bond donors (Lipinski definition) is 4. The highest BCUT2D eigenvalue weighted by Crippen LogP contribution is 2.18. The van der Waals surface area contributed by atoms with Gasteiger partial charge in [0.1, 0.15) is 17.3 Å². The summed E-state index contributed by atoms with van der Waals surface area (Å²) in [5.41, 5.74) is 1.69. The number of rotatable bonds is 24. The lowest BCUT2D eigenvalue weighted by molar-refractivity contribution is -0.242. The summed E-state index contributed by atoms with van der Waals surface area (Å²) in [6.45, 7) is 24.6. The summed E-state index contributed by atoms with van der Waals surface area (Å²) in [5.74, 6) is 1.67. The number of hydrogen-bond acceptors (Lipinski definition) is 12. The number of benzene rings is 1. The van der Waals surface area contributed by atoms with Gasteiger partial charge in [0.25, 0.3) is 0 Å². The molecule has 1 aliphatic rings. The standard InChI is InChI=1S/C30H40O7.C5H12O2.C4H10O.3C2H6.H2O2/c1-3-27(35-22-7-4-5-8-23-36-32)12-6-9-21-34-24-20-25-11-10-13-29(17-14-25)37-30(31)26-15-18-28(33-2)19-16-26;1-2-3-4-5-7-6;1-3-5-4-2;4*1-2/h3,6,10,12-19,32H,4-5,7-9,11,20-24H2,1-2H3;6H,2-5H2,1H3;3-4H2,1-2H3;3*1-2H3;1-2H/b12-6-,27-3+;;;;;;. The molecule has 2 rings (SSSR count). The molecule has 12 nitrogen and oxygen atoms in total. The molecule has 0 aromatic heterocycles. The van der Waals surface area contributed by atoms with Gasteiger partial charge in [-0.25, -0.2) is 14.6 Å². The molecule has 1 aliphatic carbocycles. The monoisotopic (exact) mass is 815 g/mol. The minimum absolute atomic E-state index is 0.390. The van der Waals surface area contributed by atoms with Crippen LogP contribution < -0.4 is 4.74 Å². The molecule has 0 heterocycles. The highest BCUT2D eigenvalue weighted by Gasteiger charge is 2.10. The second kappa shape index (κ2) is 57.0. The maximum atomic E-state index is 12.4. The highest BCUT2D eigenvalue weighted by molar-refractivity contribution is 5.90. The van der Waals surface area contributed by atoms with Crippen LogP contribution in [-0.4, -0.2) is 80.4 Å². The average molecular weight is 815 g/mol. The van der Waals surface area contributed by atoms with Crippen LogP contribution in [0.3, 0.4) is 0 Å². The third-order valence-electron chi connectivity index (χ3n) is 6.89. The van der Waals surface area contributed by atoms with Gasteiger partial charge in [-0.1, -0.05) is 91.5 Å². The summed E-state index contributed by atoms with van der Waals surface area (Å²) in [6.07, 6.45) is 23.3. The van der Waals surface area contributed by atoms with Crippen LogP contribution in [0.15, 0.2) is 83.9 Å². The number of methoxy groups -OCH3 is 1. The Morgan fingerprint density at radius 3 is 1.82 bits per heavy atom. The Morgan fingerprint density at radius 2 is 1.32 bits per heavy atom. The normalized spacial score (nSPS) is 11.2. The van der Waals surface area contributed by atoms with E-state index in [9.17, 15) is 4.79 Å². The summed E-state index contributed by atoms with van der Waals surface area (Å²) in [4.78, 5) is 20.3. The second-order valence-electron chi connectivity index (χ2n) is 10.8. The molecular weight excluding hydrogens is 732 g/mol. The molecule has 0 spiro atoms. The second-order valence-corrected chi connectivity index (χ2v) is 10.8. The third-order valence-corrected chi connectivity index (χ3v) is 6.89. The first-order chi connectivity index (χ1) is 28.0. The van der Waals surface area contributed by atoms with Crippen LogP contribution in [0.25, 0.3) is 0 Å². The van der Waals surface area contributed by atoms with Crippen LogP contribution in [0.4, 0.5) is 0 Å². The number of esters is 1. The largest absolute Gasteiger partial charge is 0.497 e. The van der Waals surface area contributed by atoms with Gasteiger partial charge in [0.05, 0.1) is 45.7 Å². The maximum absolute atomic E-state index is 12.4. The fraction of sp³-hybridized carbons (Fsp3) is 0.622. The predicted molar refractivity (Wildman–Crippen MR) is 234 cm³/mol. The van der Waals surface area contributed by atoms with Crippen molar-refractivity contribution in [3.8, 4) is 5.75 Å². The number of carbonyl (C=O) groups is 1. The van der Waals surface area contributed by atoms with E-state index in [4.69, 9.17) is 44.7 Å². The van der Waals surface area contributed by atoms with Gasteiger partial charge < -0.3 is 23.7 Å². The van der Waals surface area contributed by atoms with Crippen molar-refractivity contribution in [2.45, 2.75) is 133 Å². The Labute approximate surface area is 346 Å². The van der Waals surface area contributed by atoms with Crippen molar-refractivity contribution < 1.29 is 59.3 Å². The molecule has 0 fully saturated rings. The number of allylic oxidation sites excluding steroid dienone is 6. The molecular formula is C45H82O12. The molecule has 0 atom stereocenters. The zero-order valence-electron chi connectivity index (χ0n) is 37.4. The van der Waals surface area contributed by atoms with Crippen molar-refractivity contribution >= 4 is 5.97 Å². The minimum atomic E-state index is -0.400. The van der Waals surface area contributed by atoms with Crippen LogP contribution in [0.5, 0.6) is 5.75 Å². The van der Waals surface area contributed by atoms with Gasteiger partial charge in [-0.05, 0) is 114 Å². The van der Waals surface area contributed by atoms with Gasteiger partial charge in [-0.2, -0.15) is 0 Å². The summed E-state index contributed by atoms with van der Waals surface area (Å²) in [7, 11) is 1.58. The van der Waals surface area contributed by atoms with Gasteiger partial charge in [-0.3, -0.25) is 21.0 Å². The lowest BCUT2D eigenvalue weighted by atomic mass is 10.1. The van der Waals surface area contributed by atoms with Crippen LogP contribution in [-0.2, 0) is 28.7 Å². The Hall–Kier alpha value is -3.33. The van der Waals surface area contributed by atoms with Gasteiger partial charge >= 0.3 is 5.97 Å². The quantitative estimate of drug-likeness (QED) is 0.0195. The minimum Gasteiger partial charge on any atom is -0.497 e. The first-order valence-corrected chi connectivity index (χ1v) is 20.8. The van der Waals surface area contributed by atoms with Crippen LogP contribution in [0, 0.1) is 0 Å². The molecule has 0 bridgehead atoms. The smallest absolute Gasteiger partial charge is 0.343 e. The van der Waals surface area contributed by atoms with E-state index in [0.29, 0.717) is 50.1 Å². The molecule has 57 heavy (non-hydrogen) atoms. The first-order valence-electron chi connectivity index (χ1n) is 20.8. The van der Waals surface area contributed by atoms with E-state index in [1.807, 2.05) is 98.8 Å². The molecule has 334 valence electrons. The van der Waals surface area contributed by atoms with E-state index < -0.39 is 5.97 Å². The maximum Gasteiger partial charge on any atom is 0.343 e.